The van der Waals surface area contributed by atoms with Crippen LogP contribution in [0.2, 0.25) is 0 Å². The Bertz CT molecular complexity index is 334. The molecule has 0 aromatic carbocycles. The molecular weight excluding hydrogens is 176 g/mol. The van der Waals surface area contributed by atoms with Gasteiger partial charge in [0.1, 0.15) is 5.76 Å². The van der Waals surface area contributed by atoms with Gasteiger partial charge >= 0.3 is 0 Å². The lowest BCUT2D eigenvalue weighted by atomic mass is 9.86. The first-order valence-corrected chi connectivity index (χ1v) is 5.36. The van der Waals surface area contributed by atoms with E-state index in [1.807, 2.05) is 6.26 Å². The van der Waals surface area contributed by atoms with Crippen LogP contribution in [-0.4, -0.2) is 31.1 Å². The van der Waals surface area contributed by atoms with Crippen LogP contribution in [-0.2, 0) is 6.42 Å². The van der Waals surface area contributed by atoms with Crippen LogP contribution in [0.1, 0.15) is 23.8 Å². The van der Waals surface area contributed by atoms with Gasteiger partial charge in [-0.05, 0) is 19.5 Å². The molecule has 1 aromatic heterocycles. The second-order valence-corrected chi connectivity index (χ2v) is 4.32. The number of likely N-dealkylation sites (N-methyl/N-ethyl adjacent to an activating group) is 1. The quantitative estimate of drug-likeness (QED) is 0.669. The molecule has 76 valence electrons. The number of aryl methyl sites for hydroxylation is 1. The molecule has 2 heterocycles. The topological polar surface area (TPSA) is 28.4 Å². The van der Waals surface area contributed by atoms with Crippen molar-refractivity contribution in [1.29, 1.82) is 0 Å². The molecule has 3 rings (SSSR count). The summed E-state index contributed by atoms with van der Waals surface area (Å²) in [5.74, 6) is 1.19. The highest BCUT2D eigenvalue weighted by Crippen LogP contribution is 2.34. The Hall–Kier alpha value is -0.800. The van der Waals surface area contributed by atoms with Crippen LogP contribution < -0.4 is 5.32 Å². The highest BCUT2D eigenvalue weighted by atomic mass is 16.3. The molecule has 1 aliphatic heterocycles. The molecule has 3 heteroatoms. The van der Waals surface area contributed by atoms with Crippen LogP contribution in [0.5, 0.6) is 0 Å². The Morgan fingerprint density at radius 2 is 2.50 bits per heavy atom. The molecule has 1 saturated heterocycles. The van der Waals surface area contributed by atoms with E-state index in [-0.39, 0.29) is 0 Å². The van der Waals surface area contributed by atoms with E-state index in [0.29, 0.717) is 12.1 Å². The summed E-state index contributed by atoms with van der Waals surface area (Å²) in [6.45, 7) is 2.25. The number of furan rings is 1. The first-order chi connectivity index (χ1) is 6.86. The first-order valence-electron chi connectivity index (χ1n) is 5.36. The van der Waals surface area contributed by atoms with Crippen molar-refractivity contribution < 1.29 is 4.42 Å². The first kappa shape index (κ1) is 8.50. The fraction of sp³-hybridized carbons (Fsp3) is 0.636. The second kappa shape index (κ2) is 3.11. The zero-order chi connectivity index (χ0) is 9.54. The SMILES string of the molecule is CN1CCNC2c3ccoc3CCC21. The molecule has 0 saturated carbocycles. The van der Waals surface area contributed by atoms with Gasteiger partial charge in [-0.25, -0.2) is 0 Å². The molecule has 1 aliphatic carbocycles. The lowest BCUT2D eigenvalue weighted by molar-refractivity contribution is 0.130. The predicted octanol–water partition coefficient (Wildman–Crippen LogP) is 1.17. The van der Waals surface area contributed by atoms with Crippen LogP contribution in [0.25, 0.3) is 0 Å². The average Bonchev–Trinajstić information content (AvgIpc) is 2.66. The van der Waals surface area contributed by atoms with Crippen molar-refractivity contribution in [2.24, 2.45) is 0 Å². The fourth-order valence-electron chi connectivity index (χ4n) is 2.77. The molecule has 0 spiro atoms. The van der Waals surface area contributed by atoms with Gasteiger partial charge in [0.2, 0.25) is 0 Å². The third-order valence-corrected chi connectivity index (χ3v) is 3.56. The van der Waals surface area contributed by atoms with Gasteiger partial charge in [0.15, 0.2) is 0 Å². The van der Waals surface area contributed by atoms with E-state index in [1.54, 1.807) is 0 Å². The van der Waals surface area contributed by atoms with Crippen molar-refractivity contribution in [2.75, 3.05) is 20.1 Å². The minimum Gasteiger partial charge on any atom is -0.469 e. The maximum atomic E-state index is 5.48. The van der Waals surface area contributed by atoms with Crippen molar-refractivity contribution in [3.8, 4) is 0 Å². The molecular formula is C11H16N2O. The van der Waals surface area contributed by atoms with Crippen molar-refractivity contribution >= 4 is 0 Å². The lowest BCUT2D eigenvalue weighted by Gasteiger charge is -2.42. The highest BCUT2D eigenvalue weighted by molar-refractivity contribution is 5.27. The molecule has 1 aromatic rings. The van der Waals surface area contributed by atoms with Crippen molar-refractivity contribution in [1.82, 2.24) is 10.2 Å². The van der Waals surface area contributed by atoms with E-state index in [4.69, 9.17) is 4.42 Å². The van der Waals surface area contributed by atoms with Crippen LogP contribution in [0.15, 0.2) is 16.7 Å². The zero-order valence-corrected chi connectivity index (χ0v) is 8.49. The summed E-state index contributed by atoms with van der Waals surface area (Å²) in [5, 5.41) is 3.59. The standard InChI is InChI=1S/C11H16N2O/c1-13-6-5-12-11-8-4-7-14-10(8)3-2-9(11)13/h4,7,9,11-12H,2-3,5-6H2,1H3. The van der Waals surface area contributed by atoms with E-state index >= 15 is 0 Å². The van der Waals surface area contributed by atoms with Crippen LogP contribution in [0.3, 0.4) is 0 Å². The highest BCUT2D eigenvalue weighted by Gasteiger charge is 2.35. The Kier molecular flexibility index (Phi) is 1.89. The largest absolute Gasteiger partial charge is 0.469 e. The number of rotatable bonds is 0. The van der Waals surface area contributed by atoms with Gasteiger partial charge < -0.3 is 14.6 Å². The summed E-state index contributed by atoms with van der Waals surface area (Å²) in [4.78, 5) is 2.47. The van der Waals surface area contributed by atoms with Gasteiger partial charge in [-0.3, -0.25) is 0 Å². The summed E-state index contributed by atoms with van der Waals surface area (Å²) in [5.41, 5.74) is 1.38. The molecule has 0 amide bonds. The predicted molar refractivity (Wildman–Crippen MR) is 54.2 cm³/mol. The monoisotopic (exact) mass is 192 g/mol. The lowest BCUT2D eigenvalue weighted by Crippen LogP contribution is -2.52. The number of hydrogen-bond donors (Lipinski definition) is 1. The van der Waals surface area contributed by atoms with Gasteiger partial charge in [-0.15, -0.1) is 0 Å². The molecule has 1 N–H and O–H groups in total. The molecule has 2 atom stereocenters. The maximum absolute atomic E-state index is 5.48. The number of hydrogen-bond acceptors (Lipinski definition) is 3. The fourth-order valence-corrected chi connectivity index (χ4v) is 2.77. The number of nitrogens with one attached hydrogen (secondary N) is 1. The zero-order valence-electron chi connectivity index (χ0n) is 8.49. The molecule has 3 nitrogen and oxygen atoms in total. The normalized spacial score (nSPS) is 32.4. The van der Waals surface area contributed by atoms with Gasteiger partial charge in [0.25, 0.3) is 0 Å². The van der Waals surface area contributed by atoms with E-state index in [9.17, 15) is 0 Å². The van der Waals surface area contributed by atoms with E-state index in [0.717, 1.165) is 19.5 Å². The van der Waals surface area contributed by atoms with Crippen LogP contribution in [0, 0.1) is 0 Å². The Balaban J connectivity index is 1.96. The number of nitrogens with zero attached hydrogens (tertiary/aromatic N) is 1. The third kappa shape index (κ3) is 1.12. The summed E-state index contributed by atoms with van der Waals surface area (Å²) in [7, 11) is 2.23. The summed E-state index contributed by atoms with van der Waals surface area (Å²) in [6.07, 6.45) is 4.13. The Labute approximate surface area is 84.1 Å². The average molecular weight is 192 g/mol. The molecule has 2 unspecified atom stereocenters. The van der Waals surface area contributed by atoms with Crippen LogP contribution >= 0.6 is 0 Å². The van der Waals surface area contributed by atoms with E-state index in [1.165, 1.54) is 17.7 Å². The van der Waals surface area contributed by atoms with Crippen molar-refractivity contribution in [2.45, 2.75) is 24.9 Å². The third-order valence-electron chi connectivity index (χ3n) is 3.56. The molecule has 0 bridgehead atoms. The minimum absolute atomic E-state index is 0.497. The van der Waals surface area contributed by atoms with Gasteiger partial charge in [-0.1, -0.05) is 0 Å². The number of piperazine rings is 1. The molecule has 1 fully saturated rings. The van der Waals surface area contributed by atoms with Gasteiger partial charge in [0, 0.05) is 31.1 Å². The smallest absolute Gasteiger partial charge is 0.108 e. The van der Waals surface area contributed by atoms with Crippen molar-refractivity contribution in [3.63, 3.8) is 0 Å². The van der Waals surface area contributed by atoms with E-state index in [2.05, 4.69) is 23.3 Å². The van der Waals surface area contributed by atoms with Crippen molar-refractivity contribution in [3.05, 3.63) is 23.7 Å². The minimum atomic E-state index is 0.497. The van der Waals surface area contributed by atoms with Gasteiger partial charge in [0.05, 0.1) is 12.3 Å². The number of fused-ring (bicyclic) bond motifs is 3. The summed E-state index contributed by atoms with van der Waals surface area (Å²) < 4.78 is 5.48. The van der Waals surface area contributed by atoms with Gasteiger partial charge in [-0.2, -0.15) is 0 Å². The Morgan fingerprint density at radius 1 is 1.57 bits per heavy atom. The van der Waals surface area contributed by atoms with Crippen LogP contribution in [0.4, 0.5) is 0 Å². The molecule has 0 radical (unpaired) electrons. The molecule has 14 heavy (non-hydrogen) atoms. The summed E-state index contributed by atoms with van der Waals surface area (Å²) >= 11 is 0. The van der Waals surface area contributed by atoms with E-state index < -0.39 is 0 Å². The second-order valence-electron chi connectivity index (χ2n) is 4.32. The molecule has 2 aliphatic rings. The Morgan fingerprint density at radius 3 is 3.43 bits per heavy atom. The maximum Gasteiger partial charge on any atom is 0.108 e. The summed E-state index contributed by atoms with van der Waals surface area (Å²) in [6, 6.07) is 3.28.